The molecule has 6 heteroatoms. The van der Waals surface area contributed by atoms with Crippen LogP contribution in [0, 0.1) is 5.82 Å². The van der Waals surface area contributed by atoms with E-state index in [1.807, 2.05) is 19.1 Å². The van der Waals surface area contributed by atoms with Crippen molar-refractivity contribution in [3.8, 4) is 0 Å². The Morgan fingerprint density at radius 3 is 2.54 bits per heavy atom. The zero-order valence-electron chi connectivity index (χ0n) is 14.6. The van der Waals surface area contributed by atoms with E-state index in [-0.39, 0.29) is 23.7 Å². The second-order valence-corrected chi connectivity index (χ2v) is 6.13. The first-order valence-electron chi connectivity index (χ1n) is 8.45. The summed E-state index contributed by atoms with van der Waals surface area (Å²) in [5.41, 5.74) is 2.72. The van der Waals surface area contributed by atoms with Crippen LogP contribution >= 0.6 is 0 Å². The topological polar surface area (TPSA) is 74.0 Å². The number of nitrogens with one attached hydrogen (secondary N) is 3. The first-order chi connectivity index (χ1) is 12.5. The van der Waals surface area contributed by atoms with E-state index in [2.05, 4.69) is 15.6 Å². The number of carbonyl (C=O) groups is 2. The molecule has 0 saturated heterocycles. The van der Waals surface area contributed by atoms with Crippen molar-refractivity contribution in [2.45, 2.75) is 26.3 Å². The van der Waals surface area contributed by atoms with Gasteiger partial charge in [0.1, 0.15) is 11.5 Å². The third kappa shape index (κ3) is 3.91. The van der Waals surface area contributed by atoms with Crippen molar-refractivity contribution in [2.75, 3.05) is 5.32 Å². The zero-order chi connectivity index (χ0) is 18.7. The van der Waals surface area contributed by atoms with E-state index < -0.39 is 0 Å². The fourth-order valence-corrected chi connectivity index (χ4v) is 2.69. The number of carbonyl (C=O) groups excluding carboxylic acids is 2. The van der Waals surface area contributed by atoms with Gasteiger partial charge in [0.2, 0.25) is 5.91 Å². The molecule has 2 aromatic carbocycles. The fraction of sp³-hybridized carbons (Fsp3) is 0.200. The molecule has 0 aliphatic heterocycles. The molecular weight excluding hydrogens is 333 g/mol. The number of fused-ring (bicyclic) bond motifs is 1. The van der Waals surface area contributed by atoms with Gasteiger partial charge in [0.05, 0.1) is 6.04 Å². The number of aromatic nitrogens is 1. The number of aromatic amines is 1. The number of anilines is 1. The molecule has 0 aliphatic rings. The number of hydrogen-bond acceptors (Lipinski definition) is 2. The SMILES string of the molecule is CCC(=O)Nc1ccc(C(C)NC(=O)c2cc3cc(F)ccc3[nH]2)cc1. The van der Waals surface area contributed by atoms with Crippen molar-refractivity contribution in [1.29, 1.82) is 0 Å². The molecule has 0 bridgehead atoms. The van der Waals surface area contributed by atoms with Gasteiger partial charge in [-0.3, -0.25) is 9.59 Å². The Hall–Kier alpha value is -3.15. The molecular formula is C20H20FN3O2. The van der Waals surface area contributed by atoms with Crippen molar-refractivity contribution < 1.29 is 14.0 Å². The van der Waals surface area contributed by atoms with Gasteiger partial charge in [-0.2, -0.15) is 0 Å². The van der Waals surface area contributed by atoms with Gasteiger partial charge in [-0.15, -0.1) is 0 Å². The Kier molecular flexibility index (Phi) is 5.02. The Balaban J connectivity index is 1.68. The molecule has 0 spiro atoms. The lowest BCUT2D eigenvalue weighted by Crippen LogP contribution is -2.26. The van der Waals surface area contributed by atoms with E-state index >= 15 is 0 Å². The van der Waals surface area contributed by atoms with E-state index in [9.17, 15) is 14.0 Å². The third-order valence-electron chi connectivity index (χ3n) is 4.19. The van der Waals surface area contributed by atoms with Gasteiger partial charge >= 0.3 is 0 Å². The molecule has 0 saturated carbocycles. The molecule has 3 rings (SSSR count). The number of amides is 2. The van der Waals surface area contributed by atoms with Crippen LogP contribution in [-0.4, -0.2) is 16.8 Å². The van der Waals surface area contributed by atoms with Crippen molar-refractivity contribution >= 4 is 28.4 Å². The lowest BCUT2D eigenvalue weighted by atomic mass is 10.1. The lowest BCUT2D eigenvalue weighted by Gasteiger charge is -2.14. The summed E-state index contributed by atoms with van der Waals surface area (Å²) in [7, 11) is 0. The zero-order valence-corrected chi connectivity index (χ0v) is 14.6. The summed E-state index contributed by atoms with van der Waals surface area (Å²) in [6, 6.07) is 13.1. The molecule has 1 heterocycles. The Bertz CT molecular complexity index is 947. The predicted octanol–water partition coefficient (Wildman–Crippen LogP) is 4.15. The van der Waals surface area contributed by atoms with Crippen LogP contribution in [0.25, 0.3) is 10.9 Å². The van der Waals surface area contributed by atoms with Crippen LogP contribution in [0.5, 0.6) is 0 Å². The minimum atomic E-state index is -0.341. The molecule has 134 valence electrons. The summed E-state index contributed by atoms with van der Waals surface area (Å²) >= 11 is 0. The second kappa shape index (κ2) is 7.39. The van der Waals surface area contributed by atoms with Crippen LogP contribution in [0.4, 0.5) is 10.1 Å². The fourth-order valence-electron chi connectivity index (χ4n) is 2.69. The monoisotopic (exact) mass is 353 g/mol. The first kappa shape index (κ1) is 17.7. The smallest absolute Gasteiger partial charge is 0.268 e. The number of benzene rings is 2. The number of hydrogen-bond donors (Lipinski definition) is 3. The van der Waals surface area contributed by atoms with Crippen LogP contribution in [0.3, 0.4) is 0 Å². The van der Waals surface area contributed by atoms with Gasteiger partial charge in [-0.1, -0.05) is 19.1 Å². The maximum absolute atomic E-state index is 13.3. The maximum atomic E-state index is 13.3. The molecule has 3 aromatic rings. The largest absolute Gasteiger partial charge is 0.351 e. The highest BCUT2D eigenvalue weighted by Gasteiger charge is 2.14. The average molecular weight is 353 g/mol. The minimum Gasteiger partial charge on any atom is -0.351 e. The molecule has 2 amide bonds. The summed E-state index contributed by atoms with van der Waals surface area (Å²) in [5.74, 6) is -0.654. The van der Waals surface area contributed by atoms with Gasteiger partial charge in [0, 0.05) is 23.0 Å². The van der Waals surface area contributed by atoms with Crippen LogP contribution < -0.4 is 10.6 Å². The number of rotatable bonds is 5. The number of halogens is 1. The van der Waals surface area contributed by atoms with Crippen LogP contribution in [0.2, 0.25) is 0 Å². The quantitative estimate of drug-likeness (QED) is 0.645. The third-order valence-corrected chi connectivity index (χ3v) is 4.19. The van der Waals surface area contributed by atoms with Crippen molar-refractivity contribution in [2.24, 2.45) is 0 Å². The molecule has 0 radical (unpaired) electrons. The summed E-state index contributed by atoms with van der Waals surface area (Å²) < 4.78 is 13.3. The van der Waals surface area contributed by atoms with Crippen molar-refractivity contribution in [1.82, 2.24) is 10.3 Å². The standard InChI is InChI=1S/C20H20FN3O2/c1-3-19(25)23-16-7-4-13(5-8-16)12(2)22-20(26)18-11-14-10-15(21)6-9-17(14)24-18/h4-12,24H,3H2,1-2H3,(H,22,26)(H,23,25). The molecule has 3 N–H and O–H groups in total. The predicted molar refractivity (Wildman–Crippen MR) is 99.5 cm³/mol. The molecule has 1 aromatic heterocycles. The molecule has 0 fully saturated rings. The Morgan fingerprint density at radius 2 is 1.85 bits per heavy atom. The van der Waals surface area contributed by atoms with E-state index in [0.29, 0.717) is 23.0 Å². The van der Waals surface area contributed by atoms with E-state index in [0.717, 1.165) is 11.3 Å². The van der Waals surface area contributed by atoms with E-state index in [4.69, 9.17) is 0 Å². The molecule has 5 nitrogen and oxygen atoms in total. The molecule has 26 heavy (non-hydrogen) atoms. The normalized spacial score (nSPS) is 12.0. The van der Waals surface area contributed by atoms with Gasteiger partial charge in [0.25, 0.3) is 5.91 Å². The van der Waals surface area contributed by atoms with Gasteiger partial charge in [-0.25, -0.2) is 4.39 Å². The molecule has 1 unspecified atom stereocenters. The highest BCUT2D eigenvalue weighted by atomic mass is 19.1. The summed E-state index contributed by atoms with van der Waals surface area (Å²) in [6.45, 7) is 3.67. The molecule has 0 aliphatic carbocycles. The second-order valence-electron chi connectivity index (χ2n) is 6.13. The highest BCUT2D eigenvalue weighted by molar-refractivity contribution is 5.98. The van der Waals surface area contributed by atoms with Gasteiger partial charge in [-0.05, 0) is 48.9 Å². The van der Waals surface area contributed by atoms with E-state index in [1.165, 1.54) is 12.1 Å². The van der Waals surface area contributed by atoms with E-state index in [1.54, 1.807) is 31.2 Å². The van der Waals surface area contributed by atoms with Crippen LogP contribution in [0.1, 0.15) is 42.4 Å². The lowest BCUT2D eigenvalue weighted by molar-refractivity contribution is -0.115. The van der Waals surface area contributed by atoms with Crippen molar-refractivity contribution in [3.63, 3.8) is 0 Å². The minimum absolute atomic E-state index is 0.0469. The Labute approximate surface area is 150 Å². The Morgan fingerprint density at radius 1 is 1.12 bits per heavy atom. The molecule has 1 atom stereocenters. The van der Waals surface area contributed by atoms with Crippen molar-refractivity contribution in [3.05, 3.63) is 65.6 Å². The summed E-state index contributed by atoms with van der Waals surface area (Å²) in [6.07, 6.45) is 0.419. The summed E-state index contributed by atoms with van der Waals surface area (Å²) in [4.78, 5) is 26.8. The first-order valence-corrected chi connectivity index (χ1v) is 8.45. The maximum Gasteiger partial charge on any atom is 0.268 e. The van der Waals surface area contributed by atoms with Gasteiger partial charge < -0.3 is 15.6 Å². The van der Waals surface area contributed by atoms with Crippen LogP contribution in [-0.2, 0) is 4.79 Å². The average Bonchev–Trinajstić information content (AvgIpc) is 3.05. The number of H-pyrrole nitrogens is 1. The summed E-state index contributed by atoms with van der Waals surface area (Å²) in [5, 5.41) is 6.34. The highest BCUT2D eigenvalue weighted by Crippen LogP contribution is 2.19. The van der Waals surface area contributed by atoms with Crippen LogP contribution in [0.15, 0.2) is 48.5 Å². The van der Waals surface area contributed by atoms with Gasteiger partial charge in [0.15, 0.2) is 0 Å².